The van der Waals surface area contributed by atoms with E-state index in [0.717, 1.165) is 0 Å². The van der Waals surface area contributed by atoms with E-state index in [9.17, 15) is 4.57 Å². The van der Waals surface area contributed by atoms with E-state index in [2.05, 4.69) is 0 Å². The van der Waals surface area contributed by atoms with Gasteiger partial charge in [-0.05, 0) is 32.9 Å². The number of rotatable bonds is 8. The summed E-state index contributed by atoms with van der Waals surface area (Å²) in [6.45, 7) is 6.17. The predicted octanol–water partition coefficient (Wildman–Crippen LogP) is 5.29. The Balaban J connectivity index is 3.23. The highest BCUT2D eigenvalue weighted by atomic mass is 35.5. The number of hydrogen-bond donors (Lipinski definition) is 0. The first kappa shape index (κ1) is 18.0. The van der Waals surface area contributed by atoms with Crippen molar-refractivity contribution < 1.29 is 18.3 Å². The molecule has 1 unspecified atom stereocenters. The van der Waals surface area contributed by atoms with Gasteiger partial charge in [0.25, 0.3) is 0 Å². The van der Waals surface area contributed by atoms with E-state index in [-0.39, 0.29) is 13.2 Å². The van der Waals surface area contributed by atoms with Crippen LogP contribution in [0.1, 0.15) is 32.2 Å². The van der Waals surface area contributed by atoms with E-state index in [1.54, 1.807) is 39.0 Å². The lowest BCUT2D eigenvalue weighted by atomic mass is 10.2. The Morgan fingerprint density at radius 3 is 2.15 bits per heavy atom. The Morgan fingerprint density at radius 2 is 1.70 bits per heavy atom. The number of ether oxygens (including phenoxy) is 1. The molecule has 0 bridgehead atoms. The van der Waals surface area contributed by atoms with Crippen LogP contribution in [0.15, 0.2) is 18.2 Å². The summed E-state index contributed by atoms with van der Waals surface area (Å²) < 4.78 is 29.1. The van der Waals surface area contributed by atoms with Gasteiger partial charge in [-0.1, -0.05) is 29.3 Å². The summed E-state index contributed by atoms with van der Waals surface area (Å²) in [4.78, 5) is 0. The lowest BCUT2D eigenvalue weighted by Gasteiger charge is -2.27. The first-order valence-electron chi connectivity index (χ1n) is 6.43. The highest BCUT2D eigenvalue weighted by Gasteiger charge is 2.38. The van der Waals surface area contributed by atoms with Crippen LogP contribution in [0.5, 0.6) is 0 Å². The Bertz CT molecular complexity index is 471. The normalized spacial score (nSPS) is 13.4. The summed E-state index contributed by atoms with van der Waals surface area (Å²) >= 11 is 12.0. The van der Waals surface area contributed by atoms with E-state index in [4.69, 9.17) is 37.0 Å². The Kier molecular flexibility index (Phi) is 7.52. The average Bonchev–Trinajstić information content (AvgIpc) is 2.37. The maximum Gasteiger partial charge on any atom is 0.363 e. The zero-order chi connectivity index (χ0) is 15.2. The van der Waals surface area contributed by atoms with Crippen molar-refractivity contribution in [1.82, 2.24) is 0 Å². The standard InChI is InChI=1S/C13H19Cl2O4P/c1-4-17-13(20(16,18-5-2)19-6-3)11-8-7-10(14)9-12(11)15/h7-9,13H,4-6H2,1-3H3. The van der Waals surface area contributed by atoms with Crippen LogP contribution in [0.4, 0.5) is 0 Å². The summed E-state index contributed by atoms with van der Waals surface area (Å²) in [5.41, 5.74) is 0.545. The Hall–Kier alpha value is -0.0900. The first-order valence-corrected chi connectivity index (χ1v) is 8.80. The maximum atomic E-state index is 12.9. The molecule has 0 fully saturated rings. The highest BCUT2D eigenvalue weighted by Crippen LogP contribution is 2.62. The molecule has 0 amide bonds. The van der Waals surface area contributed by atoms with Gasteiger partial charge in [-0.2, -0.15) is 0 Å². The van der Waals surface area contributed by atoms with Crippen LogP contribution in [-0.2, 0) is 18.3 Å². The molecule has 0 aliphatic heterocycles. The summed E-state index contributed by atoms with van der Waals surface area (Å²) in [5, 5.41) is 0.868. The molecule has 0 radical (unpaired) electrons. The molecule has 7 heteroatoms. The third-order valence-corrected chi connectivity index (χ3v) is 5.26. The van der Waals surface area contributed by atoms with Crippen molar-refractivity contribution in [3.05, 3.63) is 33.8 Å². The molecule has 0 aliphatic carbocycles. The van der Waals surface area contributed by atoms with Gasteiger partial charge in [-0.25, -0.2) is 0 Å². The van der Waals surface area contributed by atoms with Crippen LogP contribution < -0.4 is 0 Å². The van der Waals surface area contributed by atoms with Gasteiger partial charge in [0.15, 0.2) is 5.85 Å². The van der Waals surface area contributed by atoms with Crippen molar-refractivity contribution >= 4 is 30.8 Å². The molecular formula is C13H19Cl2O4P. The molecule has 0 N–H and O–H groups in total. The van der Waals surface area contributed by atoms with Crippen molar-refractivity contribution in [1.29, 1.82) is 0 Å². The lowest BCUT2D eigenvalue weighted by Crippen LogP contribution is -2.11. The third-order valence-electron chi connectivity index (χ3n) is 2.46. The molecule has 4 nitrogen and oxygen atoms in total. The molecule has 114 valence electrons. The second kappa shape index (κ2) is 8.38. The lowest BCUT2D eigenvalue weighted by molar-refractivity contribution is 0.0783. The fraction of sp³-hybridized carbons (Fsp3) is 0.538. The molecule has 0 aromatic heterocycles. The molecule has 0 saturated heterocycles. The molecule has 0 spiro atoms. The zero-order valence-electron chi connectivity index (χ0n) is 11.8. The van der Waals surface area contributed by atoms with Gasteiger partial charge in [-0.3, -0.25) is 4.57 Å². The molecule has 1 atom stereocenters. The first-order chi connectivity index (χ1) is 9.48. The van der Waals surface area contributed by atoms with E-state index in [1.165, 1.54) is 0 Å². The number of halogens is 2. The molecule has 1 aromatic rings. The van der Waals surface area contributed by atoms with Gasteiger partial charge in [0.1, 0.15) is 0 Å². The van der Waals surface area contributed by atoms with Crippen LogP contribution in [0.25, 0.3) is 0 Å². The fourth-order valence-corrected chi connectivity index (χ4v) is 4.29. The zero-order valence-corrected chi connectivity index (χ0v) is 14.2. The van der Waals surface area contributed by atoms with Crippen molar-refractivity contribution in [2.45, 2.75) is 26.6 Å². The van der Waals surface area contributed by atoms with Crippen molar-refractivity contribution in [2.24, 2.45) is 0 Å². The minimum absolute atomic E-state index is 0.256. The van der Waals surface area contributed by atoms with Gasteiger partial charge < -0.3 is 13.8 Å². The monoisotopic (exact) mass is 340 g/mol. The van der Waals surface area contributed by atoms with Crippen LogP contribution >= 0.6 is 30.8 Å². The predicted molar refractivity (Wildman–Crippen MR) is 81.7 cm³/mol. The highest BCUT2D eigenvalue weighted by molar-refractivity contribution is 7.54. The molecule has 0 saturated carbocycles. The molecule has 0 heterocycles. The summed E-state index contributed by atoms with van der Waals surface area (Å²) in [5.74, 6) is -0.864. The molecule has 1 rings (SSSR count). The van der Waals surface area contributed by atoms with Gasteiger partial charge in [-0.15, -0.1) is 0 Å². The minimum Gasteiger partial charge on any atom is -0.361 e. The summed E-state index contributed by atoms with van der Waals surface area (Å²) in [7, 11) is -3.46. The van der Waals surface area contributed by atoms with Gasteiger partial charge in [0.05, 0.1) is 13.2 Å². The van der Waals surface area contributed by atoms with Crippen LogP contribution in [0, 0.1) is 0 Å². The van der Waals surface area contributed by atoms with Gasteiger partial charge in [0.2, 0.25) is 0 Å². The van der Waals surface area contributed by atoms with Crippen molar-refractivity contribution in [3.8, 4) is 0 Å². The fourth-order valence-electron chi connectivity index (χ4n) is 1.74. The molecule has 0 aliphatic rings. The Labute approximate surface area is 129 Å². The number of benzene rings is 1. The third kappa shape index (κ3) is 4.45. The van der Waals surface area contributed by atoms with E-state index < -0.39 is 13.4 Å². The van der Waals surface area contributed by atoms with Gasteiger partial charge >= 0.3 is 7.60 Å². The SMILES string of the molecule is CCOC(c1ccc(Cl)cc1Cl)P(=O)(OCC)OCC. The molecular weight excluding hydrogens is 322 g/mol. The van der Waals surface area contributed by atoms with Crippen molar-refractivity contribution in [2.75, 3.05) is 19.8 Å². The number of hydrogen-bond acceptors (Lipinski definition) is 4. The quantitative estimate of drug-likeness (QED) is 0.602. The maximum absolute atomic E-state index is 12.9. The van der Waals surface area contributed by atoms with Crippen LogP contribution in [0.3, 0.4) is 0 Å². The van der Waals surface area contributed by atoms with E-state index >= 15 is 0 Å². The second-order valence-electron chi connectivity index (χ2n) is 3.85. The second-order valence-corrected chi connectivity index (χ2v) is 6.76. The summed E-state index contributed by atoms with van der Waals surface area (Å²) in [6, 6.07) is 4.92. The molecule has 1 aromatic carbocycles. The van der Waals surface area contributed by atoms with Gasteiger partial charge in [0, 0.05) is 22.2 Å². The topological polar surface area (TPSA) is 44.8 Å². The van der Waals surface area contributed by atoms with E-state index in [0.29, 0.717) is 22.2 Å². The van der Waals surface area contributed by atoms with E-state index in [1.807, 2.05) is 0 Å². The average molecular weight is 341 g/mol. The smallest absolute Gasteiger partial charge is 0.361 e. The minimum atomic E-state index is -3.46. The van der Waals surface area contributed by atoms with Crippen molar-refractivity contribution in [3.63, 3.8) is 0 Å². The largest absolute Gasteiger partial charge is 0.363 e. The summed E-state index contributed by atoms with van der Waals surface area (Å²) in [6.07, 6.45) is 0. The van der Waals surface area contributed by atoms with Crippen LogP contribution in [-0.4, -0.2) is 19.8 Å². The Morgan fingerprint density at radius 1 is 1.10 bits per heavy atom. The van der Waals surface area contributed by atoms with Crippen LogP contribution in [0.2, 0.25) is 10.0 Å². The molecule has 20 heavy (non-hydrogen) atoms.